The van der Waals surface area contributed by atoms with Crippen molar-refractivity contribution in [2.75, 3.05) is 12.5 Å². The highest BCUT2D eigenvalue weighted by Crippen LogP contribution is 2.12. The zero-order valence-electron chi connectivity index (χ0n) is 11.3. The van der Waals surface area contributed by atoms with Crippen LogP contribution in [0.5, 0.6) is 5.75 Å². The van der Waals surface area contributed by atoms with Crippen molar-refractivity contribution in [1.82, 2.24) is 14.7 Å². The lowest BCUT2D eigenvalue weighted by molar-refractivity contribution is 0.414. The van der Waals surface area contributed by atoms with Crippen LogP contribution in [0.25, 0.3) is 0 Å². The third kappa shape index (κ3) is 3.88. The van der Waals surface area contributed by atoms with Gasteiger partial charge in [0.25, 0.3) is 0 Å². The monoisotopic (exact) mass is 309 g/mol. The van der Waals surface area contributed by atoms with Gasteiger partial charge in [-0.3, -0.25) is 5.43 Å². The summed E-state index contributed by atoms with van der Waals surface area (Å²) in [6.07, 6.45) is 2.36. The van der Waals surface area contributed by atoms with E-state index in [-0.39, 0.29) is 17.4 Å². The fraction of sp³-hybridized carbons (Fsp3) is 0.167. The van der Waals surface area contributed by atoms with Crippen LogP contribution in [0.4, 0.5) is 5.95 Å². The molecule has 0 radical (unpaired) electrons. The summed E-state index contributed by atoms with van der Waals surface area (Å²) in [4.78, 5) is 7.48. The zero-order chi connectivity index (χ0) is 15.3. The molecule has 2 rings (SSSR count). The van der Waals surface area contributed by atoms with Gasteiger partial charge in [-0.1, -0.05) is 12.1 Å². The molecular weight excluding hydrogens is 294 g/mol. The summed E-state index contributed by atoms with van der Waals surface area (Å²) in [6, 6.07) is 7.07. The molecule has 0 fully saturated rings. The first kappa shape index (κ1) is 15.2. The third-order valence-electron chi connectivity index (χ3n) is 2.69. The highest BCUT2D eigenvalue weighted by molar-refractivity contribution is 7.89. The van der Waals surface area contributed by atoms with E-state index in [1.807, 2.05) is 0 Å². The molecule has 0 aliphatic carbocycles. The smallest absolute Gasteiger partial charge is 0.243 e. The van der Waals surface area contributed by atoms with Crippen LogP contribution in [0.1, 0.15) is 5.56 Å². The van der Waals surface area contributed by atoms with Crippen LogP contribution in [0.3, 0.4) is 0 Å². The Hall–Kier alpha value is -2.23. The second kappa shape index (κ2) is 6.48. The minimum atomic E-state index is -3.67. The minimum absolute atomic E-state index is 0.0324. The highest BCUT2D eigenvalue weighted by Gasteiger charge is 2.14. The van der Waals surface area contributed by atoms with Crippen molar-refractivity contribution in [3.05, 3.63) is 42.2 Å². The molecule has 0 unspecified atom stereocenters. The summed E-state index contributed by atoms with van der Waals surface area (Å²) in [7, 11) is -2.11. The van der Waals surface area contributed by atoms with Crippen molar-refractivity contribution in [2.45, 2.75) is 11.4 Å². The van der Waals surface area contributed by atoms with Crippen LogP contribution in [0.15, 0.2) is 41.6 Å². The van der Waals surface area contributed by atoms with E-state index < -0.39 is 10.0 Å². The number of nitrogen functional groups attached to an aromatic ring is 1. The number of nitrogens with two attached hydrogens (primary N) is 1. The number of sulfonamides is 1. The Morgan fingerprint density at radius 3 is 2.33 bits per heavy atom. The molecule has 0 amide bonds. The molecule has 1 aromatic heterocycles. The van der Waals surface area contributed by atoms with Crippen molar-refractivity contribution in [3.8, 4) is 5.75 Å². The van der Waals surface area contributed by atoms with Gasteiger partial charge in [0.05, 0.1) is 19.5 Å². The van der Waals surface area contributed by atoms with Crippen molar-refractivity contribution in [1.29, 1.82) is 0 Å². The van der Waals surface area contributed by atoms with Gasteiger partial charge in [0.2, 0.25) is 16.0 Å². The van der Waals surface area contributed by atoms with E-state index in [1.54, 1.807) is 31.4 Å². The molecule has 0 saturated carbocycles. The topological polar surface area (TPSA) is 119 Å². The molecule has 9 heteroatoms. The maximum Gasteiger partial charge on any atom is 0.243 e. The number of aromatic nitrogens is 2. The first-order chi connectivity index (χ1) is 10.0. The summed E-state index contributed by atoms with van der Waals surface area (Å²) in [5, 5.41) is 0. The van der Waals surface area contributed by atoms with Gasteiger partial charge in [0.15, 0.2) is 0 Å². The molecule has 2 aromatic rings. The lowest BCUT2D eigenvalue weighted by Gasteiger charge is -2.07. The second-order valence-electron chi connectivity index (χ2n) is 4.06. The Morgan fingerprint density at radius 1 is 1.19 bits per heavy atom. The zero-order valence-corrected chi connectivity index (χ0v) is 12.1. The predicted molar refractivity (Wildman–Crippen MR) is 76.9 cm³/mol. The molecule has 8 nitrogen and oxygen atoms in total. The van der Waals surface area contributed by atoms with Crippen molar-refractivity contribution in [2.24, 2.45) is 5.84 Å². The van der Waals surface area contributed by atoms with Crippen LogP contribution in [-0.4, -0.2) is 25.5 Å². The normalized spacial score (nSPS) is 11.1. The number of benzene rings is 1. The van der Waals surface area contributed by atoms with E-state index in [0.29, 0.717) is 5.75 Å². The quantitative estimate of drug-likeness (QED) is 0.517. The van der Waals surface area contributed by atoms with E-state index in [1.165, 1.54) is 12.4 Å². The Labute approximate surface area is 122 Å². The Morgan fingerprint density at radius 2 is 1.81 bits per heavy atom. The van der Waals surface area contributed by atoms with E-state index in [9.17, 15) is 8.42 Å². The van der Waals surface area contributed by atoms with E-state index in [4.69, 9.17) is 10.6 Å². The number of hydrazine groups is 1. The number of hydrogen-bond acceptors (Lipinski definition) is 7. The van der Waals surface area contributed by atoms with Gasteiger partial charge in [0, 0.05) is 6.54 Å². The molecule has 0 saturated heterocycles. The first-order valence-corrected chi connectivity index (χ1v) is 7.45. The van der Waals surface area contributed by atoms with E-state index >= 15 is 0 Å². The SMILES string of the molecule is COc1ccc(CNS(=O)(=O)c2cnc(NN)nc2)cc1. The summed E-state index contributed by atoms with van der Waals surface area (Å²) in [5.74, 6) is 5.97. The molecule has 0 bridgehead atoms. The average Bonchev–Trinajstić information content (AvgIpc) is 2.53. The van der Waals surface area contributed by atoms with Crippen molar-refractivity contribution < 1.29 is 13.2 Å². The molecule has 0 spiro atoms. The Bertz CT molecular complexity index is 686. The maximum absolute atomic E-state index is 12.1. The Kier molecular flexibility index (Phi) is 4.68. The van der Waals surface area contributed by atoms with Crippen molar-refractivity contribution >= 4 is 16.0 Å². The largest absolute Gasteiger partial charge is 0.497 e. The number of hydrogen-bond donors (Lipinski definition) is 3. The van der Waals surface area contributed by atoms with Crippen molar-refractivity contribution in [3.63, 3.8) is 0 Å². The van der Waals surface area contributed by atoms with Crippen LogP contribution >= 0.6 is 0 Å². The minimum Gasteiger partial charge on any atom is -0.497 e. The van der Waals surface area contributed by atoms with E-state index in [2.05, 4.69) is 20.1 Å². The number of nitrogens with one attached hydrogen (secondary N) is 2. The van der Waals surface area contributed by atoms with Gasteiger partial charge in [-0.05, 0) is 17.7 Å². The van der Waals surface area contributed by atoms with Gasteiger partial charge in [0.1, 0.15) is 10.6 Å². The Balaban J connectivity index is 2.05. The molecule has 112 valence electrons. The maximum atomic E-state index is 12.1. The van der Waals surface area contributed by atoms with Crippen LogP contribution in [0, 0.1) is 0 Å². The fourth-order valence-corrected chi connectivity index (χ4v) is 2.44. The van der Waals surface area contributed by atoms with Gasteiger partial charge in [-0.15, -0.1) is 0 Å². The van der Waals surface area contributed by atoms with Gasteiger partial charge in [-0.25, -0.2) is 29.0 Å². The van der Waals surface area contributed by atoms with E-state index in [0.717, 1.165) is 5.56 Å². The summed E-state index contributed by atoms with van der Waals surface area (Å²) < 4.78 is 31.6. The summed E-state index contributed by atoms with van der Waals surface area (Å²) >= 11 is 0. The highest BCUT2D eigenvalue weighted by atomic mass is 32.2. The lowest BCUT2D eigenvalue weighted by Crippen LogP contribution is -2.23. The third-order valence-corrected chi connectivity index (χ3v) is 4.05. The fourth-order valence-electron chi connectivity index (χ4n) is 1.53. The number of methoxy groups -OCH3 is 1. The molecule has 21 heavy (non-hydrogen) atoms. The van der Waals surface area contributed by atoms with Crippen LogP contribution in [0.2, 0.25) is 0 Å². The van der Waals surface area contributed by atoms with Gasteiger partial charge in [-0.2, -0.15) is 0 Å². The van der Waals surface area contributed by atoms with Gasteiger partial charge >= 0.3 is 0 Å². The second-order valence-corrected chi connectivity index (χ2v) is 5.83. The molecule has 0 atom stereocenters. The number of anilines is 1. The molecule has 1 aromatic carbocycles. The molecule has 4 N–H and O–H groups in total. The van der Waals surface area contributed by atoms with Gasteiger partial charge < -0.3 is 4.74 Å². The summed E-state index contributed by atoms with van der Waals surface area (Å²) in [5.41, 5.74) is 3.03. The standard InChI is InChI=1S/C12H15N5O3S/c1-20-10-4-2-9(3-5-10)6-16-21(18,19)11-7-14-12(17-13)15-8-11/h2-5,7-8,16H,6,13H2,1H3,(H,14,15,17). The summed E-state index contributed by atoms with van der Waals surface area (Å²) in [6.45, 7) is 0.156. The van der Waals surface area contributed by atoms with Crippen LogP contribution < -0.4 is 20.7 Å². The molecule has 0 aliphatic rings. The molecule has 1 heterocycles. The lowest BCUT2D eigenvalue weighted by atomic mass is 10.2. The predicted octanol–water partition coefficient (Wildman–Crippen LogP) is 0.249. The molecule has 0 aliphatic heterocycles. The van der Waals surface area contributed by atoms with Crippen LogP contribution in [-0.2, 0) is 16.6 Å². The number of rotatable bonds is 6. The average molecular weight is 309 g/mol. The number of nitrogens with zero attached hydrogens (tertiary/aromatic N) is 2. The number of ether oxygens (including phenoxy) is 1. The first-order valence-electron chi connectivity index (χ1n) is 5.96. The molecular formula is C12H15N5O3S.